The molecular weight excluding hydrogens is 140 g/mol. The van der Waals surface area contributed by atoms with Gasteiger partial charge in [-0.1, -0.05) is 12.1 Å². The Bertz CT molecular complexity index is 325. The van der Waals surface area contributed by atoms with Crippen molar-refractivity contribution in [3.63, 3.8) is 0 Å². The van der Waals surface area contributed by atoms with Crippen molar-refractivity contribution >= 4 is 5.91 Å². The van der Waals surface area contributed by atoms with Gasteiger partial charge in [-0.3, -0.25) is 10.5 Å². The number of amides is 1. The quantitative estimate of drug-likeness (QED) is 0.591. The predicted octanol–water partition coefficient (Wildman–Crippen LogP) is 0.981. The Morgan fingerprint density at radius 1 is 1.45 bits per heavy atom. The normalized spacial score (nSPS) is 8.64. The lowest BCUT2D eigenvalue weighted by atomic mass is 10.1. The minimum Gasteiger partial charge on any atom is -0.267 e. The number of nitriles is 1. The Morgan fingerprint density at radius 3 is 2.55 bits per heavy atom. The second-order valence-corrected chi connectivity index (χ2v) is 1.99. The summed E-state index contributed by atoms with van der Waals surface area (Å²) in [5, 5.41) is 8.48. The van der Waals surface area contributed by atoms with Gasteiger partial charge in [-0.15, -0.1) is 0 Å². The molecule has 11 heavy (non-hydrogen) atoms. The first-order valence-electron chi connectivity index (χ1n) is 3.01. The Kier molecular flexibility index (Phi) is 1.88. The molecule has 1 N–H and O–H groups in total. The van der Waals surface area contributed by atoms with Gasteiger partial charge >= 0.3 is 0 Å². The number of carbonyl (C=O) groups is 1. The van der Waals surface area contributed by atoms with Crippen LogP contribution >= 0.6 is 0 Å². The Balaban J connectivity index is 3.26. The minimum absolute atomic E-state index is 0.162. The van der Waals surface area contributed by atoms with Crippen LogP contribution in [0, 0.1) is 11.3 Å². The van der Waals surface area contributed by atoms with E-state index in [1.165, 1.54) is 12.1 Å². The van der Waals surface area contributed by atoms with Gasteiger partial charge in [0.2, 0.25) is 0 Å². The van der Waals surface area contributed by atoms with Crippen LogP contribution in [0.3, 0.4) is 0 Å². The molecule has 0 saturated heterocycles. The highest BCUT2D eigenvalue weighted by Gasteiger charge is 2.05. The maximum atomic E-state index is 10.5. The van der Waals surface area contributed by atoms with Gasteiger partial charge in [-0.2, -0.15) is 5.26 Å². The van der Waals surface area contributed by atoms with E-state index in [0.29, 0.717) is 0 Å². The first kappa shape index (κ1) is 7.29. The summed E-state index contributed by atoms with van der Waals surface area (Å²) in [6.07, 6.45) is 0. The third-order valence-corrected chi connectivity index (χ3v) is 1.29. The second-order valence-electron chi connectivity index (χ2n) is 1.99. The topological polar surface area (TPSA) is 64.7 Å². The summed E-state index contributed by atoms with van der Waals surface area (Å²) in [7, 11) is 0. The van der Waals surface area contributed by atoms with E-state index in [9.17, 15) is 4.79 Å². The van der Waals surface area contributed by atoms with Crippen molar-refractivity contribution in [2.75, 3.05) is 0 Å². The molecule has 0 heterocycles. The lowest BCUT2D eigenvalue weighted by Gasteiger charge is -1.94. The summed E-state index contributed by atoms with van der Waals surface area (Å²) in [4.78, 5) is 10.5. The standard InChI is InChI=1S/C8H5N2O/c9-5-6-3-1-2-4-7(6)8(10)11/h1-4,10H. The Labute approximate surface area is 64.1 Å². The highest BCUT2D eigenvalue weighted by molar-refractivity contribution is 5.94. The van der Waals surface area contributed by atoms with Crippen molar-refractivity contribution in [3.8, 4) is 6.07 Å². The van der Waals surface area contributed by atoms with Gasteiger partial charge in [0.1, 0.15) is 0 Å². The molecule has 1 rings (SSSR count). The molecule has 1 aromatic carbocycles. The third kappa shape index (κ3) is 1.36. The van der Waals surface area contributed by atoms with Crippen molar-refractivity contribution in [2.45, 2.75) is 0 Å². The molecule has 0 aliphatic heterocycles. The van der Waals surface area contributed by atoms with Crippen LogP contribution in [0.1, 0.15) is 15.9 Å². The molecule has 1 aromatic rings. The predicted molar refractivity (Wildman–Crippen MR) is 38.6 cm³/mol. The van der Waals surface area contributed by atoms with Gasteiger partial charge in [0.05, 0.1) is 17.2 Å². The van der Waals surface area contributed by atoms with Crippen molar-refractivity contribution in [1.82, 2.24) is 5.73 Å². The SMILES string of the molecule is N#Cc1ccccc1C([NH])=O. The van der Waals surface area contributed by atoms with Crippen LogP contribution in [-0.4, -0.2) is 5.91 Å². The largest absolute Gasteiger partial charge is 0.271 e. The molecule has 0 bridgehead atoms. The zero-order valence-electron chi connectivity index (χ0n) is 5.66. The zero-order valence-corrected chi connectivity index (χ0v) is 5.66. The number of nitrogens with one attached hydrogen (secondary N) is 1. The molecule has 53 valence electrons. The monoisotopic (exact) mass is 145 g/mol. The fraction of sp³-hybridized carbons (Fsp3) is 0. The fourth-order valence-electron chi connectivity index (χ4n) is 0.779. The minimum atomic E-state index is -0.817. The van der Waals surface area contributed by atoms with Gasteiger partial charge in [-0.05, 0) is 12.1 Å². The molecular formula is C8H5N2O. The summed E-state index contributed by atoms with van der Waals surface area (Å²) in [5.41, 5.74) is 7.19. The van der Waals surface area contributed by atoms with Gasteiger partial charge in [0.15, 0.2) is 0 Å². The van der Waals surface area contributed by atoms with Crippen LogP contribution in [0.15, 0.2) is 24.3 Å². The van der Waals surface area contributed by atoms with E-state index in [0.717, 1.165) is 0 Å². The third-order valence-electron chi connectivity index (χ3n) is 1.29. The summed E-state index contributed by atoms with van der Waals surface area (Å²) in [6, 6.07) is 8.10. The molecule has 1 radical (unpaired) electrons. The van der Waals surface area contributed by atoms with Gasteiger partial charge in [0.25, 0.3) is 5.91 Å². The molecule has 1 amide bonds. The summed E-state index contributed by atoms with van der Waals surface area (Å²) in [6.45, 7) is 0. The zero-order chi connectivity index (χ0) is 8.27. The molecule has 0 fully saturated rings. The fourth-order valence-corrected chi connectivity index (χ4v) is 0.779. The molecule has 0 spiro atoms. The van der Waals surface area contributed by atoms with Gasteiger partial charge in [0, 0.05) is 0 Å². The maximum Gasteiger partial charge on any atom is 0.271 e. The second kappa shape index (κ2) is 2.84. The number of hydrogen-bond acceptors (Lipinski definition) is 2. The molecule has 0 saturated carbocycles. The number of carbonyl (C=O) groups excluding carboxylic acids is 1. The highest BCUT2D eigenvalue weighted by Crippen LogP contribution is 2.05. The highest BCUT2D eigenvalue weighted by atomic mass is 16.1. The van der Waals surface area contributed by atoms with E-state index in [-0.39, 0.29) is 11.1 Å². The molecule has 0 aliphatic rings. The van der Waals surface area contributed by atoms with Crippen LogP contribution < -0.4 is 5.73 Å². The maximum absolute atomic E-state index is 10.5. The number of nitrogens with zero attached hydrogens (tertiary/aromatic N) is 1. The first-order chi connectivity index (χ1) is 5.25. The molecule has 0 aliphatic carbocycles. The summed E-state index contributed by atoms with van der Waals surface area (Å²) in [5.74, 6) is -0.817. The molecule has 3 heteroatoms. The van der Waals surface area contributed by atoms with E-state index in [4.69, 9.17) is 11.0 Å². The number of hydrogen-bond donors (Lipinski definition) is 0. The smallest absolute Gasteiger partial charge is 0.267 e. The Morgan fingerprint density at radius 2 is 2.09 bits per heavy atom. The van der Waals surface area contributed by atoms with Crippen molar-refractivity contribution in [2.24, 2.45) is 0 Å². The van der Waals surface area contributed by atoms with E-state index in [2.05, 4.69) is 0 Å². The Hall–Kier alpha value is -1.82. The van der Waals surface area contributed by atoms with Crippen LogP contribution in [0.2, 0.25) is 0 Å². The molecule has 0 aromatic heterocycles. The summed E-state index contributed by atoms with van der Waals surface area (Å²) < 4.78 is 0. The van der Waals surface area contributed by atoms with E-state index in [1.807, 2.05) is 6.07 Å². The first-order valence-corrected chi connectivity index (χ1v) is 3.01. The average molecular weight is 145 g/mol. The lowest BCUT2D eigenvalue weighted by Crippen LogP contribution is -2.01. The van der Waals surface area contributed by atoms with Crippen LogP contribution in [0.5, 0.6) is 0 Å². The number of benzene rings is 1. The number of rotatable bonds is 1. The molecule has 0 unspecified atom stereocenters. The van der Waals surface area contributed by atoms with E-state index >= 15 is 0 Å². The average Bonchev–Trinajstić information content (AvgIpc) is 2.04. The van der Waals surface area contributed by atoms with Crippen LogP contribution in [0.25, 0.3) is 0 Å². The van der Waals surface area contributed by atoms with Crippen LogP contribution in [-0.2, 0) is 0 Å². The van der Waals surface area contributed by atoms with E-state index in [1.54, 1.807) is 12.1 Å². The van der Waals surface area contributed by atoms with Crippen molar-refractivity contribution in [1.29, 1.82) is 5.26 Å². The summed E-state index contributed by atoms with van der Waals surface area (Å²) >= 11 is 0. The molecule has 3 nitrogen and oxygen atoms in total. The van der Waals surface area contributed by atoms with Gasteiger partial charge in [-0.25, -0.2) is 0 Å². The van der Waals surface area contributed by atoms with Gasteiger partial charge < -0.3 is 0 Å². The van der Waals surface area contributed by atoms with E-state index < -0.39 is 5.91 Å². The van der Waals surface area contributed by atoms with Crippen molar-refractivity contribution < 1.29 is 4.79 Å². The molecule has 0 atom stereocenters. The lowest BCUT2D eigenvalue weighted by molar-refractivity contribution is 0.0992. The van der Waals surface area contributed by atoms with Crippen LogP contribution in [0.4, 0.5) is 0 Å². The van der Waals surface area contributed by atoms with Crippen molar-refractivity contribution in [3.05, 3.63) is 35.4 Å².